The lowest BCUT2D eigenvalue weighted by atomic mass is 9.64. The van der Waals surface area contributed by atoms with Crippen molar-refractivity contribution in [3.63, 3.8) is 0 Å². The van der Waals surface area contributed by atoms with E-state index in [9.17, 15) is 0 Å². The molecule has 0 saturated heterocycles. The molecule has 2 aliphatic carbocycles. The first-order valence-corrected chi connectivity index (χ1v) is 8.92. The molecule has 0 amide bonds. The SMILES string of the molecule is CC(C)C1CC(NC2CC2)(c2nc(C(C)(C)C)cs2)C1. The highest BCUT2D eigenvalue weighted by Crippen LogP contribution is 2.51. The number of hydrogen-bond donors (Lipinski definition) is 1. The molecule has 3 heteroatoms. The van der Waals surface area contributed by atoms with Crippen molar-refractivity contribution in [2.45, 2.75) is 77.3 Å². The van der Waals surface area contributed by atoms with Crippen LogP contribution in [0.15, 0.2) is 5.38 Å². The van der Waals surface area contributed by atoms with Crippen molar-refractivity contribution in [3.8, 4) is 0 Å². The van der Waals surface area contributed by atoms with Gasteiger partial charge in [-0.3, -0.25) is 0 Å². The zero-order valence-electron chi connectivity index (χ0n) is 13.5. The maximum atomic E-state index is 5.01. The number of aromatic nitrogens is 1. The predicted octanol–water partition coefficient (Wildman–Crippen LogP) is 4.45. The highest BCUT2D eigenvalue weighted by atomic mass is 32.1. The fourth-order valence-electron chi connectivity index (χ4n) is 3.12. The molecule has 3 rings (SSSR count). The quantitative estimate of drug-likeness (QED) is 0.886. The highest BCUT2D eigenvalue weighted by molar-refractivity contribution is 7.09. The fraction of sp³-hybridized carbons (Fsp3) is 0.824. The first-order valence-electron chi connectivity index (χ1n) is 8.04. The Morgan fingerprint density at radius 3 is 2.40 bits per heavy atom. The van der Waals surface area contributed by atoms with Gasteiger partial charge in [-0.2, -0.15) is 0 Å². The molecule has 0 radical (unpaired) electrons. The molecule has 20 heavy (non-hydrogen) atoms. The van der Waals surface area contributed by atoms with Gasteiger partial charge in [0, 0.05) is 16.8 Å². The Morgan fingerprint density at radius 2 is 1.95 bits per heavy atom. The van der Waals surface area contributed by atoms with Crippen LogP contribution in [0.3, 0.4) is 0 Å². The Kier molecular flexibility index (Phi) is 3.49. The molecular weight excluding hydrogens is 264 g/mol. The number of nitrogens with one attached hydrogen (secondary N) is 1. The molecule has 0 spiro atoms. The number of hydrogen-bond acceptors (Lipinski definition) is 3. The fourth-order valence-corrected chi connectivity index (χ4v) is 4.35. The second kappa shape index (κ2) is 4.81. The summed E-state index contributed by atoms with van der Waals surface area (Å²) in [7, 11) is 0. The van der Waals surface area contributed by atoms with Crippen LogP contribution in [0, 0.1) is 11.8 Å². The summed E-state index contributed by atoms with van der Waals surface area (Å²) in [5, 5.41) is 7.53. The van der Waals surface area contributed by atoms with Crippen LogP contribution < -0.4 is 5.32 Å². The Morgan fingerprint density at radius 1 is 1.30 bits per heavy atom. The second-order valence-electron chi connectivity index (χ2n) is 8.20. The number of rotatable bonds is 4. The van der Waals surface area contributed by atoms with Crippen molar-refractivity contribution in [2.75, 3.05) is 0 Å². The van der Waals surface area contributed by atoms with Crippen LogP contribution >= 0.6 is 11.3 Å². The van der Waals surface area contributed by atoms with Gasteiger partial charge < -0.3 is 5.32 Å². The molecule has 2 fully saturated rings. The monoisotopic (exact) mass is 292 g/mol. The van der Waals surface area contributed by atoms with E-state index in [-0.39, 0.29) is 11.0 Å². The topological polar surface area (TPSA) is 24.9 Å². The van der Waals surface area contributed by atoms with Crippen LogP contribution in [0.2, 0.25) is 0 Å². The molecule has 1 aromatic rings. The lowest BCUT2D eigenvalue weighted by Gasteiger charge is -2.49. The Hall–Kier alpha value is -0.410. The minimum Gasteiger partial charge on any atom is -0.303 e. The van der Waals surface area contributed by atoms with Crippen molar-refractivity contribution in [2.24, 2.45) is 11.8 Å². The lowest BCUT2D eigenvalue weighted by molar-refractivity contribution is 0.0654. The van der Waals surface area contributed by atoms with Gasteiger partial charge in [-0.25, -0.2) is 4.98 Å². The molecule has 2 saturated carbocycles. The van der Waals surface area contributed by atoms with E-state index in [1.165, 1.54) is 36.4 Å². The van der Waals surface area contributed by atoms with E-state index in [1.807, 2.05) is 11.3 Å². The van der Waals surface area contributed by atoms with Gasteiger partial charge in [0.1, 0.15) is 5.01 Å². The second-order valence-corrected chi connectivity index (χ2v) is 9.06. The molecule has 2 nitrogen and oxygen atoms in total. The molecular formula is C17H28N2S. The summed E-state index contributed by atoms with van der Waals surface area (Å²) >= 11 is 1.87. The molecule has 0 unspecified atom stereocenters. The third kappa shape index (κ3) is 2.67. The van der Waals surface area contributed by atoms with Crippen LogP contribution in [0.25, 0.3) is 0 Å². The summed E-state index contributed by atoms with van der Waals surface area (Å²) in [6.07, 6.45) is 5.26. The van der Waals surface area contributed by atoms with E-state index < -0.39 is 0 Å². The average molecular weight is 292 g/mol. The van der Waals surface area contributed by atoms with Crippen LogP contribution in [0.4, 0.5) is 0 Å². The van der Waals surface area contributed by atoms with Crippen LogP contribution in [-0.2, 0) is 11.0 Å². The Bertz CT molecular complexity index is 473. The predicted molar refractivity (Wildman–Crippen MR) is 86.2 cm³/mol. The number of nitrogens with zero attached hydrogens (tertiary/aromatic N) is 1. The molecule has 1 heterocycles. The molecule has 1 N–H and O–H groups in total. The molecule has 0 aliphatic heterocycles. The minimum absolute atomic E-state index is 0.163. The highest BCUT2D eigenvalue weighted by Gasteiger charge is 2.50. The van der Waals surface area contributed by atoms with Crippen molar-refractivity contribution >= 4 is 11.3 Å². The maximum Gasteiger partial charge on any atom is 0.113 e. The first kappa shape index (κ1) is 14.5. The average Bonchev–Trinajstić information content (AvgIpc) is 2.93. The van der Waals surface area contributed by atoms with Crippen LogP contribution in [0.5, 0.6) is 0 Å². The summed E-state index contributed by atoms with van der Waals surface area (Å²) < 4.78 is 0. The van der Waals surface area contributed by atoms with Gasteiger partial charge in [0.15, 0.2) is 0 Å². The standard InChI is InChI=1S/C17H28N2S/c1-11(2)12-8-17(9-12,19-13-6-7-13)15-18-14(10-20-15)16(3,4)5/h10-13,19H,6-9H2,1-5H3. The molecule has 112 valence electrons. The molecule has 2 aliphatic rings. The first-order chi connectivity index (χ1) is 9.30. The van der Waals surface area contributed by atoms with E-state index in [0.29, 0.717) is 0 Å². The summed E-state index contributed by atoms with van der Waals surface area (Å²) in [4.78, 5) is 5.01. The van der Waals surface area contributed by atoms with E-state index >= 15 is 0 Å². The zero-order valence-corrected chi connectivity index (χ0v) is 14.3. The van der Waals surface area contributed by atoms with E-state index in [1.54, 1.807) is 0 Å². The largest absolute Gasteiger partial charge is 0.303 e. The smallest absolute Gasteiger partial charge is 0.113 e. The summed E-state index contributed by atoms with van der Waals surface area (Å²) in [6.45, 7) is 11.5. The minimum atomic E-state index is 0.163. The molecule has 0 bridgehead atoms. The normalized spacial score (nSPS) is 30.6. The lowest BCUT2D eigenvalue weighted by Crippen LogP contribution is -2.54. The molecule has 0 aromatic carbocycles. The third-order valence-electron chi connectivity index (χ3n) is 4.90. The van der Waals surface area contributed by atoms with Crippen LogP contribution in [0.1, 0.15) is 71.0 Å². The van der Waals surface area contributed by atoms with E-state index in [2.05, 4.69) is 45.3 Å². The van der Waals surface area contributed by atoms with E-state index in [4.69, 9.17) is 4.98 Å². The van der Waals surface area contributed by atoms with Gasteiger partial charge >= 0.3 is 0 Å². The van der Waals surface area contributed by atoms with Crippen LogP contribution in [-0.4, -0.2) is 11.0 Å². The Labute approximate surface area is 127 Å². The van der Waals surface area contributed by atoms with Gasteiger partial charge in [0.2, 0.25) is 0 Å². The van der Waals surface area contributed by atoms with Gasteiger partial charge in [0.25, 0.3) is 0 Å². The molecule has 1 aromatic heterocycles. The maximum absolute atomic E-state index is 5.01. The summed E-state index contributed by atoms with van der Waals surface area (Å²) in [5.41, 5.74) is 1.61. The van der Waals surface area contributed by atoms with Crippen molar-refractivity contribution < 1.29 is 0 Å². The van der Waals surface area contributed by atoms with Crippen molar-refractivity contribution in [1.29, 1.82) is 0 Å². The van der Waals surface area contributed by atoms with Gasteiger partial charge in [0.05, 0.1) is 11.2 Å². The van der Waals surface area contributed by atoms with E-state index in [0.717, 1.165) is 17.9 Å². The van der Waals surface area contributed by atoms with Crippen molar-refractivity contribution in [1.82, 2.24) is 10.3 Å². The number of thiazole rings is 1. The van der Waals surface area contributed by atoms with Crippen molar-refractivity contribution in [3.05, 3.63) is 16.1 Å². The zero-order chi connectivity index (χ0) is 14.5. The summed E-state index contributed by atoms with van der Waals surface area (Å²) in [6, 6.07) is 0.755. The Balaban J connectivity index is 1.81. The molecule has 0 atom stereocenters. The third-order valence-corrected chi connectivity index (χ3v) is 5.95. The van der Waals surface area contributed by atoms with Gasteiger partial charge in [-0.05, 0) is 37.5 Å². The van der Waals surface area contributed by atoms with Gasteiger partial charge in [-0.15, -0.1) is 11.3 Å². The summed E-state index contributed by atoms with van der Waals surface area (Å²) in [5.74, 6) is 1.66. The van der Waals surface area contributed by atoms with Gasteiger partial charge in [-0.1, -0.05) is 34.6 Å².